The van der Waals surface area contributed by atoms with E-state index in [1.165, 1.54) is 4.90 Å². The predicted molar refractivity (Wildman–Crippen MR) is 116 cm³/mol. The molecule has 1 aromatic carbocycles. The Bertz CT molecular complexity index is 807. The summed E-state index contributed by atoms with van der Waals surface area (Å²) in [6.07, 6.45) is 1.60. The van der Waals surface area contributed by atoms with Gasteiger partial charge in [-0.1, -0.05) is 30.3 Å². The number of nitrogens with zero attached hydrogens (tertiary/aromatic N) is 1. The van der Waals surface area contributed by atoms with Gasteiger partial charge in [0.1, 0.15) is 5.60 Å². The van der Waals surface area contributed by atoms with E-state index in [4.69, 9.17) is 9.47 Å². The molecule has 1 atom stereocenters. The number of likely N-dealkylation sites (tertiary alicyclic amines) is 1. The van der Waals surface area contributed by atoms with Gasteiger partial charge in [0, 0.05) is 6.04 Å². The molecule has 1 aliphatic heterocycles. The van der Waals surface area contributed by atoms with E-state index in [1.807, 2.05) is 51.1 Å². The standard InChI is InChI=1S/C24H34N2O5/c1-23(2,3)31-22(29)25-17-11-13-18(14-12-17)30-19-20(27)26(21(28)24(19,4)5)15-16-9-7-6-8-10-16/h6-10,17-19H,11-15H2,1-5H3,(H,25,29). The highest BCUT2D eigenvalue weighted by Gasteiger charge is 2.55. The quantitative estimate of drug-likeness (QED) is 0.718. The lowest BCUT2D eigenvalue weighted by molar-refractivity contribution is -0.146. The van der Waals surface area contributed by atoms with Crippen LogP contribution in [0.25, 0.3) is 0 Å². The van der Waals surface area contributed by atoms with Crippen molar-refractivity contribution in [3.63, 3.8) is 0 Å². The van der Waals surface area contributed by atoms with Gasteiger partial charge in [0.25, 0.3) is 5.91 Å². The van der Waals surface area contributed by atoms with Crippen molar-refractivity contribution in [2.75, 3.05) is 0 Å². The first kappa shape index (κ1) is 23.3. The number of carbonyl (C=O) groups is 3. The molecule has 1 aromatic rings. The lowest BCUT2D eigenvalue weighted by atomic mass is 9.87. The summed E-state index contributed by atoms with van der Waals surface area (Å²) in [6.45, 7) is 9.31. The molecule has 0 aromatic heterocycles. The summed E-state index contributed by atoms with van der Waals surface area (Å²) in [6, 6.07) is 9.52. The normalized spacial score (nSPS) is 26.1. The highest BCUT2D eigenvalue weighted by Crippen LogP contribution is 2.37. The number of hydrogen-bond acceptors (Lipinski definition) is 5. The Kier molecular flexibility index (Phi) is 6.74. The summed E-state index contributed by atoms with van der Waals surface area (Å²) in [4.78, 5) is 39.3. The van der Waals surface area contributed by atoms with Crippen molar-refractivity contribution in [2.45, 2.75) is 90.7 Å². The van der Waals surface area contributed by atoms with E-state index in [-0.39, 0.29) is 30.5 Å². The molecule has 7 nitrogen and oxygen atoms in total. The maximum Gasteiger partial charge on any atom is 0.407 e. The maximum atomic E-state index is 13.1. The van der Waals surface area contributed by atoms with Gasteiger partial charge in [-0.05, 0) is 65.9 Å². The molecule has 1 unspecified atom stereocenters. The number of ether oxygens (including phenoxy) is 2. The van der Waals surface area contributed by atoms with Crippen molar-refractivity contribution in [3.8, 4) is 0 Å². The van der Waals surface area contributed by atoms with Crippen LogP contribution in [0.15, 0.2) is 30.3 Å². The largest absolute Gasteiger partial charge is 0.444 e. The molecule has 3 rings (SSSR count). The molecule has 0 spiro atoms. The Labute approximate surface area is 184 Å². The molecule has 0 bridgehead atoms. The second-order valence-corrected chi connectivity index (χ2v) is 10.1. The monoisotopic (exact) mass is 430 g/mol. The first-order valence-corrected chi connectivity index (χ1v) is 11.0. The number of rotatable bonds is 5. The molecule has 3 amide bonds. The number of hydrogen-bond donors (Lipinski definition) is 1. The summed E-state index contributed by atoms with van der Waals surface area (Å²) in [7, 11) is 0. The van der Waals surface area contributed by atoms with Gasteiger partial charge >= 0.3 is 6.09 Å². The minimum atomic E-state index is -0.905. The lowest BCUT2D eigenvalue weighted by Crippen LogP contribution is -2.44. The Hall–Kier alpha value is -2.41. The molecule has 1 N–H and O–H groups in total. The topological polar surface area (TPSA) is 84.9 Å². The van der Waals surface area contributed by atoms with Crippen LogP contribution >= 0.6 is 0 Å². The fraction of sp³-hybridized carbons (Fsp3) is 0.625. The van der Waals surface area contributed by atoms with Gasteiger partial charge in [-0.25, -0.2) is 4.79 Å². The van der Waals surface area contributed by atoms with E-state index in [9.17, 15) is 14.4 Å². The number of benzene rings is 1. The second kappa shape index (κ2) is 8.99. The van der Waals surface area contributed by atoms with Crippen LogP contribution < -0.4 is 5.32 Å². The zero-order valence-electron chi connectivity index (χ0n) is 19.1. The Morgan fingerprint density at radius 3 is 2.29 bits per heavy atom. The molecule has 31 heavy (non-hydrogen) atoms. The number of imide groups is 1. The van der Waals surface area contributed by atoms with Crippen LogP contribution in [-0.4, -0.2) is 46.7 Å². The molecule has 2 aliphatic rings. The third-order valence-electron chi connectivity index (χ3n) is 5.85. The fourth-order valence-corrected chi connectivity index (χ4v) is 4.16. The summed E-state index contributed by atoms with van der Waals surface area (Å²) in [5.41, 5.74) is -0.525. The SMILES string of the molecule is CC(C)(C)OC(=O)NC1CCC(OC2C(=O)N(Cc3ccccc3)C(=O)C2(C)C)CC1. The minimum absolute atomic E-state index is 0.0261. The van der Waals surface area contributed by atoms with Crippen molar-refractivity contribution >= 4 is 17.9 Å². The number of amides is 3. The smallest absolute Gasteiger partial charge is 0.407 e. The predicted octanol–water partition coefficient (Wildman–Crippen LogP) is 3.80. The van der Waals surface area contributed by atoms with Crippen LogP contribution in [0.4, 0.5) is 4.79 Å². The van der Waals surface area contributed by atoms with Gasteiger partial charge in [0.2, 0.25) is 5.91 Å². The van der Waals surface area contributed by atoms with Crippen molar-refractivity contribution in [1.82, 2.24) is 10.2 Å². The minimum Gasteiger partial charge on any atom is -0.444 e. The van der Waals surface area contributed by atoms with Crippen molar-refractivity contribution in [1.29, 1.82) is 0 Å². The third-order valence-corrected chi connectivity index (χ3v) is 5.85. The van der Waals surface area contributed by atoms with E-state index in [0.717, 1.165) is 18.4 Å². The number of alkyl carbamates (subject to hydrolysis) is 1. The van der Waals surface area contributed by atoms with Crippen molar-refractivity contribution in [3.05, 3.63) is 35.9 Å². The van der Waals surface area contributed by atoms with Gasteiger partial charge in [-0.15, -0.1) is 0 Å². The summed E-state index contributed by atoms with van der Waals surface area (Å²) in [5, 5.41) is 2.91. The molecule has 1 saturated heterocycles. The number of nitrogens with one attached hydrogen (secondary N) is 1. The van der Waals surface area contributed by atoms with Gasteiger partial charge in [-0.2, -0.15) is 0 Å². The van der Waals surface area contributed by atoms with Gasteiger partial charge in [0.15, 0.2) is 6.10 Å². The zero-order valence-corrected chi connectivity index (χ0v) is 19.1. The number of carbonyl (C=O) groups excluding carboxylic acids is 3. The molecular formula is C24H34N2O5. The van der Waals surface area contributed by atoms with E-state index in [2.05, 4.69) is 5.32 Å². The maximum absolute atomic E-state index is 13.1. The van der Waals surface area contributed by atoms with Crippen LogP contribution in [0.5, 0.6) is 0 Å². The van der Waals surface area contributed by atoms with E-state index >= 15 is 0 Å². The summed E-state index contributed by atoms with van der Waals surface area (Å²) in [5.74, 6) is -0.473. The molecule has 2 fully saturated rings. The van der Waals surface area contributed by atoms with E-state index < -0.39 is 23.2 Å². The second-order valence-electron chi connectivity index (χ2n) is 10.1. The van der Waals surface area contributed by atoms with E-state index in [1.54, 1.807) is 13.8 Å². The fourth-order valence-electron chi connectivity index (χ4n) is 4.16. The molecular weight excluding hydrogens is 396 g/mol. The summed E-state index contributed by atoms with van der Waals surface area (Å²) < 4.78 is 11.5. The lowest BCUT2D eigenvalue weighted by Gasteiger charge is -2.33. The first-order valence-electron chi connectivity index (χ1n) is 11.0. The van der Waals surface area contributed by atoms with Gasteiger partial charge < -0.3 is 14.8 Å². The van der Waals surface area contributed by atoms with Crippen LogP contribution in [0, 0.1) is 5.41 Å². The summed E-state index contributed by atoms with van der Waals surface area (Å²) >= 11 is 0. The van der Waals surface area contributed by atoms with Crippen molar-refractivity contribution in [2.24, 2.45) is 5.41 Å². The first-order chi connectivity index (χ1) is 14.5. The molecule has 7 heteroatoms. The van der Waals surface area contributed by atoms with Crippen LogP contribution in [0.3, 0.4) is 0 Å². The molecule has 0 radical (unpaired) electrons. The third kappa shape index (κ3) is 5.64. The highest BCUT2D eigenvalue weighted by atomic mass is 16.6. The zero-order chi connectivity index (χ0) is 22.8. The average molecular weight is 431 g/mol. The van der Waals surface area contributed by atoms with Crippen LogP contribution in [-0.2, 0) is 25.6 Å². The average Bonchev–Trinajstić information content (AvgIpc) is 2.83. The Morgan fingerprint density at radius 2 is 1.71 bits per heavy atom. The Morgan fingerprint density at radius 1 is 1.10 bits per heavy atom. The Balaban J connectivity index is 1.55. The molecule has 1 aliphatic carbocycles. The highest BCUT2D eigenvalue weighted by molar-refractivity contribution is 6.08. The van der Waals surface area contributed by atoms with Crippen molar-refractivity contribution < 1.29 is 23.9 Å². The van der Waals surface area contributed by atoms with Crippen LogP contribution in [0.2, 0.25) is 0 Å². The van der Waals surface area contributed by atoms with Crippen LogP contribution in [0.1, 0.15) is 65.9 Å². The molecule has 170 valence electrons. The van der Waals surface area contributed by atoms with Gasteiger partial charge in [-0.3, -0.25) is 14.5 Å². The van der Waals surface area contributed by atoms with Gasteiger partial charge in [0.05, 0.1) is 18.1 Å². The molecule has 1 heterocycles. The molecule has 1 saturated carbocycles. The van der Waals surface area contributed by atoms with E-state index in [0.29, 0.717) is 12.8 Å².